The molecule has 6 nitrogen and oxygen atoms in total. The molecule has 1 fully saturated rings. The highest BCUT2D eigenvalue weighted by molar-refractivity contribution is 5.90. The molecule has 4 rings (SSSR count). The van der Waals surface area contributed by atoms with Crippen molar-refractivity contribution in [2.24, 2.45) is 0 Å². The first-order valence-electron chi connectivity index (χ1n) is 9.36. The fraction of sp³-hybridized carbons (Fsp3) is 0.333. The highest BCUT2D eigenvalue weighted by Crippen LogP contribution is 2.25. The molecule has 0 aliphatic carbocycles. The Labute approximate surface area is 158 Å². The van der Waals surface area contributed by atoms with E-state index in [1.807, 2.05) is 48.5 Å². The van der Waals surface area contributed by atoms with Crippen LogP contribution in [0.4, 0.5) is 17.5 Å². The molecule has 1 saturated heterocycles. The maximum atomic E-state index is 9.79. The molecular weight excluding hydrogens is 340 g/mol. The zero-order valence-corrected chi connectivity index (χ0v) is 15.4. The van der Waals surface area contributed by atoms with Crippen LogP contribution in [0.3, 0.4) is 0 Å². The van der Waals surface area contributed by atoms with E-state index in [4.69, 9.17) is 4.74 Å². The molecule has 0 bridgehead atoms. The number of benzene rings is 2. The van der Waals surface area contributed by atoms with E-state index in [0.29, 0.717) is 5.95 Å². The number of fused-ring (bicyclic) bond motifs is 1. The number of anilines is 3. The number of rotatable bonds is 6. The fourth-order valence-corrected chi connectivity index (χ4v) is 3.29. The molecule has 0 spiro atoms. The molecule has 3 aromatic rings. The normalized spacial score (nSPS) is 17.8. The van der Waals surface area contributed by atoms with Crippen LogP contribution in [0.5, 0.6) is 0 Å². The molecular formula is C21H24N4O2. The highest BCUT2D eigenvalue weighted by atomic mass is 16.5. The van der Waals surface area contributed by atoms with Gasteiger partial charge in [-0.1, -0.05) is 24.3 Å². The minimum atomic E-state index is -0.520. The predicted molar refractivity (Wildman–Crippen MR) is 107 cm³/mol. The molecule has 0 saturated carbocycles. The topological polar surface area (TPSA) is 79.3 Å². The van der Waals surface area contributed by atoms with E-state index >= 15 is 0 Å². The summed E-state index contributed by atoms with van der Waals surface area (Å²) in [5.41, 5.74) is 2.56. The van der Waals surface area contributed by atoms with Crippen LogP contribution in [-0.2, 0) is 4.74 Å². The van der Waals surface area contributed by atoms with Crippen molar-refractivity contribution in [3.63, 3.8) is 0 Å². The van der Waals surface area contributed by atoms with Crippen LogP contribution in [0, 0.1) is 0 Å². The first kappa shape index (κ1) is 17.7. The Morgan fingerprint density at radius 1 is 1.19 bits per heavy atom. The minimum Gasteiger partial charge on any atom is -0.389 e. The van der Waals surface area contributed by atoms with Crippen LogP contribution in [0.25, 0.3) is 10.9 Å². The zero-order chi connectivity index (χ0) is 18.6. The standard InChI is InChI=1S/C21H24N4O2/c1-14(26)15-6-4-7-16(12-15)23-21-24-19-10-3-2-9-18(19)20(25-21)22-13-17-8-5-11-27-17/h2-4,6-7,9-10,12,14,17,26H,5,8,11,13H2,1H3,(H2,22,23,24,25)/t14-,17-/m0/s1. The summed E-state index contributed by atoms with van der Waals surface area (Å²) in [7, 11) is 0. The number of nitrogens with zero attached hydrogens (tertiary/aromatic N) is 2. The van der Waals surface area contributed by atoms with Gasteiger partial charge in [0, 0.05) is 24.2 Å². The second kappa shape index (κ2) is 7.90. The SMILES string of the molecule is C[C@H](O)c1cccc(Nc2nc(NC[C@@H]3CCCO3)c3ccccc3n2)c1. The molecule has 0 amide bonds. The average Bonchev–Trinajstić information content (AvgIpc) is 3.20. The van der Waals surface area contributed by atoms with Gasteiger partial charge in [0.05, 0.1) is 17.7 Å². The molecule has 3 N–H and O–H groups in total. The molecule has 1 aromatic heterocycles. The van der Waals surface area contributed by atoms with Gasteiger partial charge < -0.3 is 20.5 Å². The number of hydrogen-bond acceptors (Lipinski definition) is 6. The molecule has 1 aliphatic rings. The number of ether oxygens (including phenoxy) is 1. The van der Waals surface area contributed by atoms with Crippen molar-refractivity contribution in [1.29, 1.82) is 0 Å². The third-order valence-corrected chi connectivity index (χ3v) is 4.75. The predicted octanol–water partition coefficient (Wildman–Crippen LogP) is 4.02. The smallest absolute Gasteiger partial charge is 0.229 e. The first-order valence-corrected chi connectivity index (χ1v) is 9.36. The lowest BCUT2D eigenvalue weighted by molar-refractivity contribution is 0.120. The van der Waals surface area contributed by atoms with E-state index in [0.717, 1.165) is 54.0 Å². The third kappa shape index (κ3) is 4.18. The van der Waals surface area contributed by atoms with Crippen LogP contribution in [0.2, 0.25) is 0 Å². The summed E-state index contributed by atoms with van der Waals surface area (Å²) in [5.74, 6) is 1.32. The number of hydrogen-bond donors (Lipinski definition) is 3. The lowest BCUT2D eigenvalue weighted by atomic mass is 10.1. The molecule has 0 radical (unpaired) electrons. The Balaban J connectivity index is 1.61. The van der Waals surface area contributed by atoms with Crippen LogP contribution in [0.1, 0.15) is 31.4 Å². The Kier molecular flexibility index (Phi) is 5.18. The van der Waals surface area contributed by atoms with Gasteiger partial charge in [-0.15, -0.1) is 0 Å². The van der Waals surface area contributed by atoms with Crippen LogP contribution in [0.15, 0.2) is 48.5 Å². The van der Waals surface area contributed by atoms with E-state index in [-0.39, 0.29) is 6.10 Å². The molecule has 0 unspecified atom stereocenters. The van der Waals surface area contributed by atoms with E-state index in [1.165, 1.54) is 0 Å². The summed E-state index contributed by atoms with van der Waals surface area (Å²) in [6.45, 7) is 3.32. The van der Waals surface area contributed by atoms with Gasteiger partial charge in [-0.2, -0.15) is 4.98 Å². The van der Waals surface area contributed by atoms with Crippen LogP contribution in [-0.4, -0.2) is 34.3 Å². The second-order valence-corrected chi connectivity index (χ2v) is 6.86. The quantitative estimate of drug-likeness (QED) is 0.613. The number of aromatic nitrogens is 2. The van der Waals surface area contributed by atoms with Crippen molar-refractivity contribution in [3.8, 4) is 0 Å². The highest BCUT2D eigenvalue weighted by Gasteiger charge is 2.16. The van der Waals surface area contributed by atoms with Gasteiger partial charge in [-0.05, 0) is 49.6 Å². The fourth-order valence-electron chi connectivity index (χ4n) is 3.29. The van der Waals surface area contributed by atoms with Crippen molar-refractivity contribution in [3.05, 3.63) is 54.1 Å². The Morgan fingerprint density at radius 2 is 2.07 bits per heavy atom. The monoisotopic (exact) mass is 364 g/mol. The van der Waals surface area contributed by atoms with Crippen molar-refractivity contribution < 1.29 is 9.84 Å². The molecule has 140 valence electrons. The van der Waals surface area contributed by atoms with Crippen molar-refractivity contribution >= 4 is 28.4 Å². The Bertz CT molecular complexity index is 923. The van der Waals surface area contributed by atoms with Gasteiger partial charge in [-0.3, -0.25) is 0 Å². The van der Waals surface area contributed by atoms with Crippen LogP contribution < -0.4 is 10.6 Å². The second-order valence-electron chi connectivity index (χ2n) is 6.86. The third-order valence-electron chi connectivity index (χ3n) is 4.75. The zero-order valence-electron chi connectivity index (χ0n) is 15.4. The summed E-state index contributed by atoms with van der Waals surface area (Å²) in [4.78, 5) is 9.31. The number of para-hydroxylation sites is 1. The van der Waals surface area contributed by atoms with Crippen molar-refractivity contribution in [2.45, 2.75) is 32.0 Å². The maximum absolute atomic E-state index is 9.79. The van der Waals surface area contributed by atoms with E-state index in [9.17, 15) is 5.11 Å². The van der Waals surface area contributed by atoms with E-state index < -0.39 is 6.10 Å². The summed E-state index contributed by atoms with van der Waals surface area (Å²) in [6.07, 6.45) is 1.90. The van der Waals surface area contributed by atoms with E-state index in [1.54, 1.807) is 6.92 Å². The maximum Gasteiger partial charge on any atom is 0.229 e. The molecule has 2 atom stereocenters. The Hall–Kier alpha value is -2.70. The molecule has 1 aliphatic heterocycles. The lowest BCUT2D eigenvalue weighted by Gasteiger charge is -2.15. The summed E-state index contributed by atoms with van der Waals surface area (Å²) in [6, 6.07) is 15.6. The average molecular weight is 364 g/mol. The van der Waals surface area contributed by atoms with Crippen molar-refractivity contribution in [2.75, 3.05) is 23.8 Å². The first-order chi connectivity index (χ1) is 13.2. The Morgan fingerprint density at radius 3 is 2.89 bits per heavy atom. The summed E-state index contributed by atoms with van der Waals surface area (Å²) in [5, 5.41) is 17.5. The van der Waals surface area contributed by atoms with Crippen molar-refractivity contribution in [1.82, 2.24) is 9.97 Å². The largest absolute Gasteiger partial charge is 0.389 e. The van der Waals surface area contributed by atoms with Gasteiger partial charge in [0.25, 0.3) is 0 Å². The van der Waals surface area contributed by atoms with Crippen LogP contribution >= 0.6 is 0 Å². The summed E-state index contributed by atoms with van der Waals surface area (Å²) < 4.78 is 5.70. The van der Waals surface area contributed by atoms with Gasteiger partial charge >= 0.3 is 0 Å². The van der Waals surface area contributed by atoms with Gasteiger partial charge in [0.15, 0.2) is 0 Å². The molecule has 6 heteroatoms. The lowest BCUT2D eigenvalue weighted by Crippen LogP contribution is -2.19. The van der Waals surface area contributed by atoms with E-state index in [2.05, 4.69) is 20.6 Å². The van der Waals surface area contributed by atoms with Gasteiger partial charge in [0.2, 0.25) is 5.95 Å². The number of aliphatic hydroxyl groups excluding tert-OH is 1. The molecule has 27 heavy (non-hydrogen) atoms. The molecule has 2 aromatic carbocycles. The number of nitrogens with one attached hydrogen (secondary N) is 2. The van der Waals surface area contributed by atoms with Gasteiger partial charge in [-0.25, -0.2) is 4.98 Å². The van der Waals surface area contributed by atoms with Gasteiger partial charge in [0.1, 0.15) is 5.82 Å². The molecule has 2 heterocycles. The summed E-state index contributed by atoms with van der Waals surface area (Å²) >= 11 is 0. The number of aliphatic hydroxyl groups is 1. The minimum absolute atomic E-state index is 0.234.